The molecule has 0 aromatic heterocycles. The lowest BCUT2D eigenvalue weighted by Gasteiger charge is -2.19. The van der Waals surface area contributed by atoms with E-state index in [1.165, 1.54) is 27.4 Å². The highest BCUT2D eigenvalue weighted by molar-refractivity contribution is 5.91. The molecule has 0 spiro atoms. The van der Waals surface area contributed by atoms with Crippen molar-refractivity contribution in [3.8, 4) is 17.2 Å². The van der Waals surface area contributed by atoms with Gasteiger partial charge in [-0.25, -0.2) is 4.79 Å². The van der Waals surface area contributed by atoms with Gasteiger partial charge in [0.1, 0.15) is 0 Å². The molecule has 1 aromatic rings. The summed E-state index contributed by atoms with van der Waals surface area (Å²) < 4.78 is 21.0. The van der Waals surface area contributed by atoms with E-state index in [4.69, 9.17) is 18.9 Å². The molecule has 0 aliphatic heterocycles. The largest absolute Gasteiger partial charge is 0.493 e. The first-order valence-corrected chi connectivity index (χ1v) is 7.80. The van der Waals surface area contributed by atoms with Gasteiger partial charge in [0.2, 0.25) is 5.75 Å². The van der Waals surface area contributed by atoms with Crippen LogP contribution in [0.4, 0.5) is 0 Å². The van der Waals surface area contributed by atoms with Crippen molar-refractivity contribution in [3.05, 3.63) is 23.8 Å². The molecule has 1 saturated carbocycles. The molecule has 0 heterocycles. The molecule has 1 aliphatic carbocycles. The Bertz CT molecular complexity index is 609. The summed E-state index contributed by atoms with van der Waals surface area (Å²) in [5, 5.41) is 0. The summed E-state index contributed by atoms with van der Waals surface area (Å²) in [7, 11) is 4.57. The molecule has 0 N–H and O–H groups in total. The Hall–Kier alpha value is -2.50. The second-order valence-electron chi connectivity index (χ2n) is 5.43. The fourth-order valence-electron chi connectivity index (χ4n) is 2.62. The van der Waals surface area contributed by atoms with Crippen LogP contribution in [-0.2, 0) is 14.3 Å². The van der Waals surface area contributed by atoms with Gasteiger partial charge in [-0.3, -0.25) is 4.79 Å². The predicted molar refractivity (Wildman–Crippen MR) is 88.5 cm³/mol. The molecular weight excluding hydrogens is 312 g/mol. The first kappa shape index (κ1) is 17.8. The number of hydrogen-bond donors (Lipinski definition) is 0. The van der Waals surface area contributed by atoms with Crippen LogP contribution in [0.1, 0.15) is 31.2 Å². The van der Waals surface area contributed by atoms with Crippen LogP contribution >= 0.6 is 0 Å². The summed E-state index contributed by atoms with van der Waals surface area (Å²) in [6.45, 7) is 0. The average Bonchev–Trinajstić information content (AvgIpc) is 2.60. The fraction of sp³-hybridized carbons (Fsp3) is 0.444. The zero-order chi connectivity index (χ0) is 17.5. The Morgan fingerprint density at radius 2 is 1.75 bits per heavy atom. The zero-order valence-electron chi connectivity index (χ0n) is 14.2. The Morgan fingerprint density at radius 1 is 1.08 bits per heavy atom. The minimum Gasteiger partial charge on any atom is -0.493 e. The van der Waals surface area contributed by atoms with Gasteiger partial charge in [-0.1, -0.05) is 0 Å². The minimum absolute atomic E-state index is 0.00390. The molecule has 0 amide bonds. The second kappa shape index (κ2) is 8.38. The molecular formula is C18H22O6. The van der Waals surface area contributed by atoms with Crippen molar-refractivity contribution in [2.75, 3.05) is 21.3 Å². The molecule has 24 heavy (non-hydrogen) atoms. The third kappa shape index (κ3) is 4.28. The molecule has 1 aliphatic rings. The molecule has 0 radical (unpaired) electrons. The van der Waals surface area contributed by atoms with Crippen molar-refractivity contribution in [2.45, 2.75) is 31.8 Å². The number of hydrogen-bond acceptors (Lipinski definition) is 6. The van der Waals surface area contributed by atoms with E-state index in [1.807, 2.05) is 0 Å². The summed E-state index contributed by atoms with van der Waals surface area (Å²) in [5.41, 5.74) is 0.691. The molecule has 0 bridgehead atoms. The quantitative estimate of drug-likeness (QED) is 0.588. The van der Waals surface area contributed by atoms with Crippen molar-refractivity contribution < 1.29 is 28.5 Å². The van der Waals surface area contributed by atoms with Crippen LogP contribution in [-0.4, -0.2) is 39.2 Å². The van der Waals surface area contributed by atoms with Gasteiger partial charge in [0, 0.05) is 12.5 Å². The van der Waals surface area contributed by atoms with Crippen molar-refractivity contribution in [2.24, 2.45) is 0 Å². The van der Waals surface area contributed by atoms with E-state index in [-0.39, 0.29) is 5.78 Å². The van der Waals surface area contributed by atoms with Crippen LogP contribution in [0.25, 0.3) is 6.08 Å². The summed E-state index contributed by atoms with van der Waals surface area (Å²) in [6, 6.07) is 3.44. The SMILES string of the molecule is COc1cc(/C=C/C(=O)OC2CCCCC2=O)cc(OC)c1OC. The van der Waals surface area contributed by atoms with Crippen molar-refractivity contribution in [1.29, 1.82) is 0 Å². The van der Waals surface area contributed by atoms with E-state index >= 15 is 0 Å². The third-order valence-electron chi connectivity index (χ3n) is 3.86. The molecule has 2 rings (SSSR count). The number of esters is 1. The van der Waals surface area contributed by atoms with Gasteiger partial charge in [-0.15, -0.1) is 0 Å². The maximum Gasteiger partial charge on any atom is 0.331 e. The van der Waals surface area contributed by atoms with E-state index in [1.54, 1.807) is 18.2 Å². The molecule has 0 saturated heterocycles. The van der Waals surface area contributed by atoms with Gasteiger partial charge in [-0.2, -0.15) is 0 Å². The van der Waals surface area contributed by atoms with Gasteiger partial charge in [0.05, 0.1) is 21.3 Å². The highest BCUT2D eigenvalue weighted by atomic mass is 16.5. The predicted octanol–water partition coefficient (Wildman–Crippen LogP) is 2.78. The van der Waals surface area contributed by atoms with Crippen LogP contribution < -0.4 is 14.2 Å². The smallest absolute Gasteiger partial charge is 0.331 e. The first-order chi connectivity index (χ1) is 11.6. The molecule has 1 unspecified atom stereocenters. The molecule has 6 heteroatoms. The number of carbonyl (C=O) groups is 2. The van der Waals surface area contributed by atoms with Gasteiger partial charge in [0.15, 0.2) is 23.4 Å². The van der Waals surface area contributed by atoms with Crippen molar-refractivity contribution in [1.82, 2.24) is 0 Å². The summed E-state index contributed by atoms with van der Waals surface area (Å²) in [5.74, 6) is 0.923. The second-order valence-corrected chi connectivity index (χ2v) is 5.43. The van der Waals surface area contributed by atoms with Crippen LogP contribution in [0.15, 0.2) is 18.2 Å². The third-order valence-corrected chi connectivity index (χ3v) is 3.86. The number of ether oxygens (including phenoxy) is 4. The molecule has 1 atom stereocenters. The molecule has 1 fully saturated rings. The van der Waals surface area contributed by atoms with Crippen LogP contribution in [0.5, 0.6) is 17.2 Å². The summed E-state index contributed by atoms with van der Waals surface area (Å²) in [4.78, 5) is 23.6. The number of benzene rings is 1. The summed E-state index contributed by atoms with van der Waals surface area (Å²) in [6.07, 6.45) is 5.12. The van der Waals surface area contributed by atoms with Gasteiger partial charge in [0.25, 0.3) is 0 Å². The topological polar surface area (TPSA) is 71.1 Å². The lowest BCUT2D eigenvalue weighted by Crippen LogP contribution is -2.29. The number of carbonyl (C=O) groups excluding carboxylic acids is 2. The van der Waals surface area contributed by atoms with Crippen molar-refractivity contribution >= 4 is 17.8 Å². The Balaban J connectivity index is 2.10. The van der Waals surface area contributed by atoms with Gasteiger partial charge < -0.3 is 18.9 Å². The lowest BCUT2D eigenvalue weighted by molar-refractivity contribution is -0.152. The maximum absolute atomic E-state index is 11.9. The fourth-order valence-corrected chi connectivity index (χ4v) is 2.62. The molecule has 1 aromatic carbocycles. The van der Waals surface area contributed by atoms with E-state index in [0.29, 0.717) is 35.7 Å². The number of methoxy groups -OCH3 is 3. The van der Waals surface area contributed by atoms with E-state index in [9.17, 15) is 9.59 Å². The normalized spacial score (nSPS) is 17.6. The van der Waals surface area contributed by atoms with Crippen molar-refractivity contribution in [3.63, 3.8) is 0 Å². The lowest BCUT2D eigenvalue weighted by atomic mass is 9.96. The summed E-state index contributed by atoms with van der Waals surface area (Å²) >= 11 is 0. The van der Waals surface area contributed by atoms with E-state index < -0.39 is 12.1 Å². The number of Topliss-reactive ketones (excluding diaryl/α,β-unsaturated/α-hetero) is 1. The highest BCUT2D eigenvalue weighted by Gasteiger charge is 2.24. The van der Waals surface area contributed by atoms with Crippen LogP contribution in [0, 0.1) is 0 Å². The maximum atomic E-state index is 11.9. The van der Waals surface area contributed by atoms with Crippen LogP contribution in [0.2, 0.25) is 0 Å². The van der Waals surface area contributed by atoms with Gasteiger partial charge in [-0.05, 0) is 43.0 Å². The van der Waals surface area contributed by atoms with E-state index in [0.717, 1.165) is 12.8 Å². The Kier molecular flexibility index (Phi) is 6.23. The first-order valence-electron chi connectivity index (χ1n) is 7.80. The highest BCUT2D eigenvalue weighted by Crippen LogP contribution is 2.38. The number of ketones is 1. The van der Waals surface area contributed by atoms with Crippen LogP contribution in [0.3, 0.4) is 0 Å². The molecule has 130 valence electrons. The average molecular weight is 334 g/mol. The molecule has 6 nitrogen and oxygen atoms in total. The standard InChI is InChI=1S/C18H22O6/c1-21-15-10-12(11-16(22-2)18(15)23-3)8-9-17(20)24-14-7-5-4-6-13(14)19/h8-11,14H,4-7H2,1-3H3/b9-8+. The zero-order valence-corrected chi connectivity index (χ0v) is 14.2. The van der Waals surface area contributed by atoms with E-state index in [2.05, 4.69) is 0 Å². The minimum atomic E-state index is -0.615. The monoisotopic (exact) mass is 334 g/mol. The number of rotatable bonds is 6. The van der Waals surface area contributed by atoms with Gasteiger partial charge >= 0.3 is 5.97 Å². The Labute approximate surface area is 141 Å². The Morgan fingerprint density at radius 3 is 2.29 bits per heavy atom.